The lowest BCUT2D eigenvalue weighted by molar-refractivity contribution is -0.177. The van der Waals surface area contributed by atoms with Crippen LogP contribution in [-0.4, -0.2) is 37.9 Å². The highest BCUT2D eigenvalue weighted by Gasteiger charge is 2.47. The molecule has 0 unspecified atom stereocenters. The van der Waals surface area contributed by atoms with Gasteiger partial charge in [-0.15, -0.1) is 0 Å². The maximum Gasteiger partial charge on any atom is 0.316 e. The summed E-state index contributed by atoms with van der Waals surface area (Å²) in [5.41, 5.74) is -0.834. The van der Waals surface area contributed by atoms with Gasteiger partial charge in [0.05, 0.1) is 18.9 Å². The van der Waals surface area contributed by atoms with Crippen LogP contribution < -0.4 is 4.90 Å². The highest BCUT2D eigenvalue weighted by Crippen LogP contribution is 2.31. The van der Waals surface area contributed by atoms with Crippen LogP contribution in [0.25, 0.3) is 0 Å². The molecule has 6 heteroatoms. The van der Waals surface area contributed by atoms with Crippen LogP contribution in [0.4, 0.5) is 14.5 Å². The number of hydrogen-bond acceptors (Lipinski definition) is 3. The molecule has 0 atom stereocenters. The van der Waals surface area contributed by atoms with Crippen molar-refractivity contribution in [3.05, 3.63) is 29.8 Å². The summed E-state index contributed by atoms with van der Waals surface area (Å²) >= 11 is 0. The number of benzene rings is 1. The van der Waals surface area contributed by atoms with Crippen molar-refractivity contribution in [3.63, 3.8) is 0 Å². The average molecular weight is 257 g/mol. The number of carboxylic acids is 1. The molecular weight excluding hydrogens is 244 g/mol. The van der Waals surface area contributed by atoms with Gasteiger partial charge in [-0.1, -0.05) is 0 Å². The maximum atomic E-state index is 13.5. The molecule has 1 aliphatic heterocycles. The maximum absolute atomic E-state index is 13.5. The summed E-state index contributed by atoms with van der Waals surface area (Å²) in [6, 6.07) is 3.20. The van der Waals surface area contributed by atoms with Gasteiger partial charge in [-0.2, -0.15) is 0 Å². The summed E-state index contributed by atoms with van der Waals surface area (Å²) in [6.07, 6.45) is 0. The van der Waals surface area contributed by atoms with Gasteiger partial charge in [-0.05, 0) is 12.1 Å². The van der Waals surface area contributed by atoms with Crippen LogP contribution in [0.5, 0.6) is 0 Å². The molecule has 0 amide bonds. The molecule has 0 aliphatic carbocycles. The molecule has 0 saturated carbocycles. The van der Waals surface area contributed by atoms with E-state index >= 15 is 0 Å². The molecule has 1 aliphatic rings. The topological polar surface area (TPSA) is 49.8 Å². The summed E-state index contributed by atoms with van der Waals surface area (Å²) in [5, 5.41) is 9.13. The van der Waals surface area contributed by atoms with Crippen molar-refractivity contribution in [2.45, 2.75) is 0 Å². The minimum Gasteiger partial charge on any atom is -0.481 e. The molecular formula is C12H13F2NO3. The minimum absolute atomic E-state index is 0.107. The predicted molar refractivity (Wildman–Crippen MR) is 60.5 cm³/mol. The van der Waals surface area contributed by atoms with Crippen LogP contribution in [0, 0.1) is 17.0 Å². The average Bonchev–Trinajstić information content (AvgIpc) is 2.22. The van der Waals surface area contributed by atoms with Crippen LogP contribution in [0.15, 0.2) is 18.2 Å². The van der Waals surface area contributed by atoms with Crippen LogP contribution in [0.2, 0.25) is 0 Å². The zero-order valence-corrected chi connectivity index (χ0v) is 9.82. The Bertz CT molecular complexity index is 474. The van der Waals surface area contributed by atoms with Crippen molar-refractivity contribution >= 4 is 11.7 Å². The van der Waals surface area contributed by atoms with Crippen molar-refractivity contribution in [2.75, 3.05) is 31.7 Å². The number of carboxylic acid groups (broad SMARTS) is 1. The fraction of sp³-hybridized carbons (Fsp3) is 0.417. The van der Waals surface area contributed by atoms with Crippen LogP contribution in [-0.2, 0) is 9.53 Å². The van der Waals surface area contributed by atoms with Crippen molar-refractivity contribution in [3.8, 4) is 0 Å². The highest BCUT2D eigenvalue weighted by molar-refractivity contribution is 5.77. The molecule has 1 aromatic carbocycles. The third kappa shape index (κ3) is 2.15. The normalized spacial score (nSPS) is 17.1. The van der Waals surface area contributed by atoms with E-state index in [1.54, 1.807) is 7.05 Å². The van der Waals surface area contributed by atoms with Crippen molar-refractivity contribution in [1.82, 2.24) is 0 Å². The van der Waals surface area contributed by atoms with E-state index in [0.29, 0.717) is 0 Å². The number of anilines is 1. The number of rotatable bonds is 4. The molecule has 0 bridgehead atoms. The number of carbonyl (C=O) groups is 1. The van der Waals surface area contributed by atoms with Crippen LogP contribution >= 0.6 is 0 Å². The zero-order chi connectivity index (χ0) is 13.3. The minimum atomic E-state index is -1.00. The van der Waals surface area contributed by atoms with Crippen molar-refractivity contribution in [2.24, 2.45) is 5.41 Å². The Morgan fingerprint density at radius 2 is 2.17 bits per heavy atom. The van der Waals surface area contributed by atoms with Gasteiger partial charge in [0, 0.05) is 19.7 Å². The number of aliphatic carboxylic acids is 1. The lowest BCUT2D eigenvalue weighted by Crippen LogP contribution is -2.55. The van der Waals surface area contributed by atoms with E-state index in [-0.39, 0.29) is 25.4 Å². The molecule has 1 N–H and O–H groups in total. The van der Waals surface area contributed by atoms with E-state index < -0.39 is 23.0 Å². The number of ether oxygens (including phenoxy) is 1. The summed E-state index contributed by atoms with van der Waals surface area (Å²) in [4.78, 5) is 12.6. The summed E-state index contributed by atoms with van der Waals surface area (Å²) in [6.45, 7) is 0.329. The Morgan fingerprint density at radius 1 is 1.50 bits per heavy atom. The Morgan fingerprint density at radius 3 is 2.61 bits per heavy atom. The first kappa shape index (κ1) is 12.8. The fourth-order valence-electron chi connectivity index (χ4n) is 1.96. The summed E-state index contributed by atoms with van der Waals surface area (Å²) in [7, 11) is 1.57. The third-order valence-corrected chi connectivity index (χ3v) is 3.07. The smallest absolute Gasteiger partial charge is 0.316 e. The van der Waals surface area contributed by atoms with Gasteiger partial charge >= 0.3 is 5.97 Å². The molecule has 1 aromatic rings. The number of nitrogens with zero attached hydrogens (tertiary/aromatic N) is 1. The van der Waals surface area contributed by atoms with E-state index in [2.05, 4.69) is 0 Å². The van der Waals surface area contributed by atoms with Crippen molar-refractivity contribution < 1.29 is 23.4 Å². The predicted octanol–water partition coefficient (Wildman–Crippen LogP) is 1.50. The van der Waals surface area contributed by atoms with Gasteiger partial charge in [0.2, 0.25) is 0 Å². The van der Waals surface area contributed by atoms with Gasteiger partial charge in [0.1, 0.15) is 17.0 Å². The van der Waals surface area contributed by atoms with Gasteiger partial charge < -0.3 is 14.7 Å². The molecule has 1 heterocycles. The molecule has 1 saturated heterocycles. The molecule has 4 nitrogen and oxygen atoms in total. The van der Waals surface area contributed by atoms with Gasteiger partial charge in [0.25, 0.3) is 0 Å². The molecule has 18 heavy (non-hydrogen) atoms. The first-order valence-corrected chi connectivity index (χ1v) is 5.42. The zero-order valence-electron chi connectivity index (χ0n) is 9.82. The Balaban J connectivity index is 2.16. The SMILES string of the molecule is CN(CC1(C(=O)O)COC1)c1ccc(F)cc1F. The van der Waals surface area contributed by atoms with Crippen LogP contribution in [0.1, 0.15) is 0 Å². The van der Waals surface area contributed by atoms with E-state index in [1.165, 1.54) is 11.0 Å². The van der Waals surface area contributed by atoms with Gasteiger partial charge in [-0.3, -0.25) is 4.79 Å². The Hall–Kier alpha value is -1.69. The Labute approximate surface area is 103 Å². The van der Waals surface area contributed by atoms with E-state index in [9.17, 15) is 13.6 Å². The molecule has 0 spiro atoms. The summed E-state index contributed by atoms with van der Waals surface area (Å²) in [5.74, 6) is -2.34. The summed E-state index contributed by atoms with van der Waals surface area (Å²) < 4.78 is 31.2. The highest BCUT2D eigenvalue weighted by atomic mass is 19.1. The number of halogens is 2. The molecule has 1 fully saturated rings. The quantitative estimate of drug-likeness (QED) is 0.888. The van der Waals surface area contributed by atoms with Gasteiger partial charge in [0.15, 0.2) is 0 Å². The lowest BCUT2D eigenvalue weighted by Gasteiger charge is -2.40. The van der Waals surface area contributed by atoms with Crippen molar-refractivity contribution in [1.29, 1.82) is 0 Å². The fourth-order valence-corrected chi connectivity index (χ4v) is 1.96. The molecule has 0 radical (unpaired) electrons. The second-order valence-electron chi connectivity index (χ2n) is 4.53. The third-order valence-electron chi connectivity index (χ3n) is 3.07. The molecule has 2 rings (SSSR count). The van der Waals surface area contributed by atoms with Crippen LogP contribution in [0.3, 0.4) is 0 Å². The largest absolute Gasteiger partial charge is 0.481 e. The molecule has 98 valence electrons. The lowest BCUT2D eigenvalue weighted by atomic mass is 9.85. The molecule has 0 aromatic heterocycles. The second-order valence-corrected chi connectivity index (χ2v) is 4.53. The first-order valence-electron chi connectivity index (χ1n) is 5.42. The van der Waals surface area contributed by atoms with E-state index in [0.717, 1.165) is 12.1 Å². The Kier molecular flexibility index (Phi) is 3.21. The van der Waals surface area contributed by atoms with E-state index in [1.807, 2.05) is 0 Å². The van der Waals surface area contributed by atoms with Gasteiger partial charge in [-0.25, -0.2) is 8.78 Å². The van der Waals surface area contributed by atoms with E-state index in [4.69, 9.17) is 9.84 Å². The number of hydrogen-bond donors (Lipinski definition) is 1. The second kappa shape index (κ2) is 4.53. The monoisotopic (exact) mass is 257 g/mol. The standard InChI is InChI=1S/C12H13F2NO3/c1-15(5-12(11(16)17)6-18-7-12)10-3-2-8(13)4-9(10)14/h2-4H,5-7H2,1H3,(H,16,17). The first-order chi connectivity index (χ1) is 8.44.